The van der Waals surface area contributed by atoms with E-state index in [2.05, 4.69) is 17.0 Å². The SMILES string of the molecule is COc1ccccc1C(=O)N1CCCN(C2=Nc3ccc(C)cc3Oc3ccccc32)CC1. The molecular weight excluding hydrogens is 414 g/mol. The number of aryl methyl sites for hydroxylation is 1. The topological polar surface area (TPSA) is 54.4 Å². The number of nitrogens with zero attached hydrogens (tertiary/aromatic N) is 3. The van der Waals surface area contributed by atoms with E-state index in [1.54, 1.807) is 7.11 Å². The van der Waals surface area contributed by atoms with E-state index in [0.29, 0.717) is 30.9 Å². The minimum absolute atomic E-state index is 0.00154. The largest absolute Gasteiger partial charge is 0.496 e. The Morgan fingerprint density at radius 3 is 2.64 bits per heavy atom. The lowest BCUT2D eigenvalue weighted by molar-refractivity contribution is 0.0760. The van der Waals surface area contributed by atoms with Crippen LogP contribution in [-0.2, 0) is 0 Å². The summed E-state index contributed by atoms with van der Waals surface area (Å²) in [4.78, 5) is 22.5. The van der Waals surface area contributed by atoms with Crippen molar-refractivity contribution in [1.29, 1.82) is 0 Å². The number of carbonyl (C=O) groups is 1. The number of ether oxygens (including phenoxy) is 2. The first-order valence-corrected chi connectivity index (χ1v) is 11.3. The summed E-state index contributed by atoms with van der Waals surface area (Å²) in [5, 5.41) is 0. The van der Waals surface area contributed by atoms with Crippen LogP contribution in [0.25, 0.3) is 0 Å². The number of fused-ring (bicyclic) bond motifs is 2. The number of benzene rings is 3. The second-order valence-electron chi connectivity index (χ2n) is 8.34. The third kappa shape index (κ3) is 4.16. The van der Waals surface area contributed by atoms with Crippen LogP contribution in [0.3, 0.4) is 0 Å². The molecule has 1 amide bonds. The number of hydrogen-bond donors (Lipinski definition) is 0. The van der Waals surface area contributed by atoms with Crippen LogP contribution in [0.4, 0.5) is 5.69 Å². The van der Waals surface area contributed by atoms with Crippen molar-refractivity contribution in [2.75, 3.05) is 33.3 Å². The Bertz CT molecular complexity index is 1220. The molecule has 168 valence electrons. The maximum absolute atomic E-state index is 13.2. The second kappa shape index (κ2) is 8.98. The zero-order chi connectivity index (χ0) is 22.8. The van der Waals surface area contributed by atoms with Crippen molar-refractivity contribution >= 4 is 17.4 Å². The van der Waals surface area contributed by atoms with Crippen molar-refractivity contribution < 1.29 is 14.3 Å². The van der Waals surface area contributed by atoms with Gasteiger partial charge in [0.05, 0.1) is 18.2 Å². The highest BCUT2D eigenvalue weighted by atomic mass is 16.5. The van der Waals surface area contributed by atoms with Gasteiger partial charge in [-0.15, -0.1) is 0 Å². The summed E-state index contributed by atoms with van der Waals surface area (Å²) < 4.78 is 11.7. The van der Waals surface area contributed by atoms with Crippen LogP contribution in [0.1, 0.15) is 27.9 Å². The minimum atomic E-state index is 0.00154. The van der Waals surface area contributed by atoms with Crippen molar-refractivity contribution in [2.24, 2.45) is 4.99 Å². The molecule has 1 fully saturated rings. The summed E-state index contributed by atoms with van der Waals surface area (Å²) in [5.74, 6) is 3.06. The van der Waals surface area contributed by atoms with Crippen LogP contribution in [0, 0.1) is 6.92 Å². The molecule has 33 heavy (non-hydrogen) atoms. The molecule has 3 aromatic carbocycles. The van der Waals surface area contributed by atoms with E-state index in [0.717, 1.165) is 47.1 Å². The van der Waals surface area contributed by atoms with E-state index in [9.17, 15) is 4.79 Å². The molecule has 0 bridgehead atoms. The fraction of sp³-hybridized carbons (Fsp3) is 0.259. The van der Waals surface area contributed by atoms with E-state index in [-0.39, 0.29) is 5.91 Å². The fourth-order valence-electron chi connectivity index (χ4n) is 4.39. The number of rotatable bonds is 2. The van der Waals surface area contributed by atoms with Gasteiger partial charge in [-0.1, -0.05) is 30.3 Å². The monoisotopic (exact) mass is 441 g/mol. The molecule has 0 saturated carbocycles. The quantitative estimate of drug-likeness (QED) is 0.559. The molecular formula is C27H27N3O3. The standard InChI is InChI=1S/C27H27N3O3/c1-19-12-13-22-25(18-19)33-24-11-6-3-8-20(24)26(28-22)29-14-7-15-30(17-16-29)27(31)21-9-4-5-10-23(21)32-2/h3-6,8-13,18H,7,14-17H2,1-2H3. The van der Waals surface area contributed by atoms with Gasteiger partial charge in [0, 0.05) is 26.2 Å². The molecule has 6 heteroatoms. The van der Waals surface area contributed by atoms with Gasteiger partial charge in [-0.2, -0.15) is 0 Å². The van der Waals surface area contributed by atoms with Gasteiger partial charge < -0.3 is 19.3 Å². The van der Waals surface area contributed by atoms with E-state index in [1.807, 2.05) is 66.4 Å². The number of methoxy groups -OCH3 is 1. The van der Waals surface area contributed by atoms with Crippen LogP contribution >= 0.6 is 0 Å². The summed E-state index contributed by atoms with van der Waals surface area (Å²) in [6.45, 7) is 4.85. The van der Waals surface area contributed by atoms with Crippen LogP contribution < -0.4 is 9.47 Å². The first kappa shape index (κ1) is 21.1. The molecule has 2 aliphatic rings. The third-order valence-electron chi connectivity index (χ3n) is 6.11. The van der Waals surface area contributed by atoms with Crippen LogP contribution in [-0.4, -0.2) is 54.8 Å². The lowest BCUT2D eigenvalue weighted by Crippen LogP contribution is -2.37. The maximum atomic E-state index is 13.2. The van der Waals surface area contributed by atoms with Gasteiger partial charge in [0.2, 0.25) is 0 Å². The summed E-state index contributed by atoms with van der Waals surface area (Å²) in [6, 6.07) is 21.5. The number of carbonyl (C=O) groups excluding carboxylic acids is 1. The fourth-order valence-corrected chi connectivity index (χ4v) is 4.39. The van der Waals surface area contributed by atoms with Gasteiger partial charge in [0.15, 0.2) is 5.75 Å². The minimum Gasteiger partial charge on any atom is -0.496 e. The van der Waals surface area contributed by atoms with Gasteiger partial charge in [0.1, 0.15) is 23.0 Å². The molecule has 0 N–H and O–H groups in total. The van der Waals surface area contributed by atoms with Gasteiger partial charge in [-0.05, 0) is 55.3 Å². The lowest BCUT2D eigenvalue weighted by Gasteiger charge is -2.25. The number of aliphatic imine (C=N–C) groups is 1. The zero-order valence-corrected chi connectivity index (χ0v) is 19.0. The number of para-hydroxylation sites is 2. The molecule has 0 spiro atoms. The highest BCUT2D eigenvalue weighted by Gasteiger charge is 2.27. The van der Waals surface area contributed by atoms with E-state index in [4.69, 9.17) is 14.5 Å². The first-order valence-electron chi connectivity index (χ1n) is 11.3. The molecule has 2 heterocycles. The predicted octanol–water partition coefficient (Wildman–Crippen LogP) is 5.04. The first-order chi connectivity index (χ1) is 16.1. The van der Waals surface area contributed by atoms with Gasteiger partial charge >= 0.3 is 0 Å². The van der Waals surface area contributed by atoms with Gasteiger partial charge in [-0.3, -0.25) is 4.79 Å². The van der Waals surface area contributed by atoms with E-state index < -0.39 is 0 Å². The van der Waals surface area contributed by atoms with Crippen molar-refractivity contribution in [2.45, 2.75) is 13.3 Å². The Kier molecular flexibility index (Phi) is 5.73. The Hall–Kier alpha value is -3.80. The van der Waals surface area contributed by atoms with Crippen LogP contribution in [0.15, 0.2) is 71.7 Å². The van der Waals surface area contributed by atoms with Gasteiger partial charge in [0.25, 0.3) is 5.91 Å². The van der Waals surface area contributed by atoms with Crippen molar-refractivity contribution in [1.82, 2.24) is 9.80 Å². The molecule has 0 aromatic heterocycles. The van der Waals surface area contributed by atoms with Crippen LogP contribution in [0.2, 0.25) is 0 Å². The number of hydrogen-bond acceptors (Lipinski definition) is 5. The van der Waals surface area contributed by atoms with Gasteiger partial charge in [-0.25, -0.2) is 4.99 Å². The molecule has 6 nitrogen and oxygen atoms in total. The zero-order valence-electron chi connectivity index (χ0n) is 19.0. The maximum Gasteiger partial charge on any atom is 0.257 e. The molecule has 5 rings (SSSR count). The molecule has 0 aliphatic carbocycles. The average molecular weight is 442 g/mol. The smallest absolute Gasteiger partial charge is 0.257 e. The average Bonchev–Trinajstić information content (AvgIpc) is 3.18. The third-order valence-corrected chi connectivity index (χ3v) is 6.11. The van der Waals surface area contributed by atoms with E-state index in [1.165, 1.54) is 0 Å². The molecule has 0 atom stereocenters. The Morgan fingerprint density at radius 1 is 0.939 bits per heavy atom. The molecule has 2 aliphatic heterocycles. The van der Waals surface area contributed by atoms with Crippen molar-refractivity contribution in [3.63, 3.8) is 0 Å². The Labute approximate surface area is 194 Å². The van der Waals surface area contributed by atoms with Crippen molar-refractivity contribution in [3.8, 4) is 17.2 Å². The summed E-state index contributed by atoms with van der Waals surface area (Å²) in [7, 11) is 1.60. The highest BCUT2D eigenvalue weighted by Crippen LogP contribution is 2.38. The summed E-state index contributed by atoms with van der Waals surface area (Å²) >= 11 is 0. The second-order valence-corrected chi connectivity index (χ2v) is 8.34. The lowest BCUT2D eigenvalue weighted by atomic mass is 10.1. The number of amides is 1. The predicted molar refractivity (Wildman–Crippen MR) is 129 cm³/mol. The molecule has 3 aromatic rings. The van der Waals surface area contributed by atoms with E-state index >= 15 is 0 Å². The highest BCUT2D eigenvalue weighted by molar-refractivity contribution is 6.04. The summed E-state index contributed by atoms with van der Waals surface area (Å²) in [5.41, 5.74) is 3.52. The molecule has 0 radical (unpaired) electrons. The Balaban J connectivity index is 1.44. The molecule has 1 saturated heterocycles. The van der Waals surface area contributed by atoms with Crippen LogP contribution in [0.5, 0.6) is 17.2 Å². The summed E-state index contributed by atoms with van der Waals surface area (Å²) in [6.07, 6.45) is 0.851. The number of amidine groups is 1. The normalized spacial score (nSPS) is 15.4. The Morgan fingerprint density at radius 2 is 1.76 bits per heavy atom. The van der Waals surface area contributed by atoms with Crippen molar-refractivity contribution in [3.05, 3.63) is 83.4 Å². The molecule has 0 unspecified atom stereocenters.